The van der Waals surface area contributed by atoms with Crippen LogP contribution in [-0.2, 0) is 9.53 Å². The second-order valence-electron chi connectivity index (χ2n) is 2.40. The second-order valence-corrected chi connectivity index (χ2v) is 2.40. The molecule has 0 aromatic rings. The molecule has 5 heteroatoms. The highest BCUT2D eigenvalue weighted by molar-refractivity contribution is 5.77. The molecule has 0 bridgehead atoms. The van der Waals surface area contributed by atoms with Gasteiger partial charge < -0.3 is 15.8 Å². The van der Waals surface area contributed by atoms with Crippen LogP contribution < -0.4 is 11.1 Å². The van der Waals surface area contributed by atoms with Crippen molar-refractivity contribution in [2.45, 2.75) is 18.9 Å². The van der Waals surface area contributed by atoms with Crippen molar-refractivity contribution in [1.82, 2.24) is 5.32 Å². The van der Waals surface area contributed by atoms with Gasteiger partial charge in [0.05, 0.1) is 6.42 Å². The third-order valence-corrected chi connectivity index (χ3v) is 1.48. The normalized spacial score (nSPS) is 24.0. The van der Waals surface area contributed by atoms with Crippen molar-refractivity contribution < 1.29 is 14.3 Å². The number of carbonyl (C=O) groups is 2. The van der Waals surface area contributed by atoms with Crippen LogP contribution in [0.25, 0.3) is 0 Å². The highest BCUT2D eigenvalue weighted by Crippen LogP contribution is 2.07. The fraction of sp³-hybridized carbons (Fsp3) is 0.667. The molecule has 2 amide bonds. The topological polar surface area (TPSA) is 81.4 Å². The van der Waals surface area contributed by atoms with Gasteiger partial charge in [0.15, 0.2) is 0 Å². The van der Waals surface area contributed by atoms with Gasteiger partial charge in [-0.2, -0.15) is 0 Å². The van der Waals surface area contributed by atoms with Gasteiger partial charge in [0.25, 0.3) is 0 Å². The Morgan fingerprint density at radius 2 is 2.45 bits per heavy atom. The van der Waals surface area contributed by atoms with Crippen molar-refractivity contribution in [2.24, 2.45) is 5.73 Å². The van der Waals surface area contributed by atoms with Gasteiger partial charge in [0.1, 0.15) is 6.10 Å². The van der Waals surface area contributed by atoms with E-state index in [4.69, 9.17) is 5.73 Å². The number of hydrogen-bond donors (Lipinski definition) is 2. The number of amides is 2. The highest BCUT2D eigenvalue weighted by Gasteiger charge is 2.21. The second kappa shape index (κ2) is 3.23. The average molecular weight is 158 g/mol. The lowest BCUT2D eigenvalue weighted by atomic mass is 10.1. The Morgan fingerprint density at radius 3 is 3.00 bits per heavy atom. The number of ether oxygens (including phenoxy) is 1. The Bertz CT molecular complexity index is 179. The molecule has 1 fully saturated rings. The maximum absolute atomic E-state index is 10.7. The summed E-state index contributed by atoms with van der Waals surface area (Å²) in [5, 5.41) is 2.61. The van der Waals surface area contributed by atoms with Crippen molar-refractivity contribution in [3.05, 3.63) is 0 Å². The van der Waals surface area contributed by atoms with Crippen LogP contribution >= 0.6 is 0 Å². The minimum Gasteiger partial charge on any atom is -0.446 e. The zero-order valence-corrected chi connectivity index (χ0v) is 6.00. The van der Waals surface area contributed by atoms with Crippen molar-refractivity contribution in [3.8, 4) is 0 Å². The third kappa shape index (κ3) is 2.45. The Hall–Kier alpha value is -1.26. The van der Waals surface area contributed by atoms with Crippen LogP contribution in [0.15, 0.2) is 0 Å². The Balaban J connectivity index is 2.34. The zero-order valence-electron chi connectivity index (χ0n) is 6.00. The summed E-state index contributed by atoms with van der Waals surface area (Å²) in [5.41, 5.74) is 4.78. The standard InChI is InChI=1S/C6H10N2O3/c7-6(10)11-4-1-2-8-5(9)3-4/h4H,1-3H2,(H2,7,10)(H,8,9). The van der Waals surface area contributed by atoms with Crippen molar-refractivity contribution in [2.75, 3.05) is 6.54 Å². The summed E-state index contributed by atoms with van der Waals surface area (Å²) in [4.78, 5) is 21.0. The number of piperidine rings is 1. The van der Waals surface area contributed by atoms with Gasteiger partial charge in [-0.1, -0.05) is 0 Å². The molecule has 0 spiro atoms. The van der Waals surface area contributed by atoms with Crippen LogP contribution in [0.4, 0.5) is 4.79 Å². The maximum Gasteiger partial charge on any atom is 0.404 e. The lowest BCUT2D eigenvalue weighted by Gasteiger charge is -2.20. The van der Waals surface area contributed by atoms with Crippen LogP contribution in [0, 0.1) is 0 Å². The van der Waals surface area contributed by atoms with Crippen molar-refractivity contribution in [3.63, 3.8) is 0 Å². The first-order valence-corrected chi connectivity index (χ1v) is 3.41. The third-order valence-electron chi connectivity index (χ3n) is 1.48. The molecule has 0 radical (unpaired) electrons. The van der Waals surface area contributed by atoms with E-state index in [1.807, 2.05) is 0 Å². The first-order valence-electron chi connectivity index (χ1n) is 3.41. The number of nitrogens with two attached hydrogens (primary N) is 1. The number of rotatable bonds is 1. The number of primary amides is 1. The van der Waals surface area contributed by atoms with Crippen molar-refractivity contribution >= 4 is 12.0 Å². The van der Waals surface area contributed by atoms with Crippen LogP contribution in [0.2, 0.25) is 0 Å². The molecule has 1 aliphatic heterocycles. The van der Waals surface area contributed by atoms with E-state index in [9.17, 15) is 9.59 Å². The molecular formula is C6H10N2O3. The molecule has 1 rings (SSSR count). The SMILES string of the molecule is NC(=O)OC1CCNC(=O)C1. The smallest absolute Gasteiger partial charge is 0.404 e. The Labute approximate surface area is 63.9 Å². The summed E-state index contributed by atoms with van der Waals surface area (Å²) in [7, 11) is 0. The van der Waals surface area contributed by atoms with E-state index in [2.05, 4.69) is 10.1 Å². The summed E-state index contributed by atoms with van der Waals surface area (Å²) in [5.74, 6) is -0.0949. The van der Waals surface area contributed by atoms with E-state index in [0.29, 0.717) is 13.0 Å². The van der Waals surface area contributed by atoms with Gasteiger partial charge in [-0.15, -0.1) is 0 Å². The molecule has 5 nitrogen and oxygen atoms in total. The van der Waals surface area contributed by atoms with Gasteiger partial charge >= 0.3 is 6.09 Å². The zero-order chi connectivity index (χ0) is 8.27. The van der Waals surface area contributed by atoms with E-state index < -0.39 is 6.09 Å². The van der Waals surface area contributed by atoms with E-state index in [1.165, 1.54) is 0 Å². The predicted octanol–water partition coefficient (Wildman–Crippen LogP) is -0.640. The van der Waals surface area contributed by atoms with Crippen LogP contribution in [0.5, 0.6) is 0 Å². The molecule has 3 N–H and O–H groups in total. The number of hydrogen-bond acceptors (Lipinski definition) is 3. The van der Waals surface area contributed by atoms with Crippen LogP contribution in [-0.4, -0.2) is 24.6 Å². The van der Waals surface area contributed by atoms with Gasteiger partial charge in [0.2, 0.25) is 5.91 Å². The van der Waals surface area contributed by atoms with Crippen LogP contribution in [0.3, 0.4) is 0 Å². The molecule has 11 heavy (non-hydrogen) atoms. The molecule has 0 saturated carbocycles. The Morgan fingerprint density at radius 1 is 1.73 bits per heavy atom. The molecule has 1 atom stereocenters. The molecular weight excluding hydrogens is 148 g/mol. The van der Waals surface area contributed by atoms with Gasteiger partial charge in [-0.05, 0) is 0 Å². The fourth-order valence-electron chi connectivity index (χ4n) is 1.02. The van der Waals surface area contributed by atoms with E-state index >= 15 is 0 Å². The minimum absolute atomic E-state index is 0.0949. The van der Waals surface area contributed by atoms with E-state index in [0.717, 1.165) is 0 Å². The van der Waals surface area contributed by atoms with E-state index in [1.54, 1.807) is 0 Å². The first kappa shape index (κ1) is 7.84. The molecule has 1 saturated heterocycles. The largest absolute Gasteiger partial charge is 0.446 e. The summed E-state index contributed by atoms with van der Waals surface area (Å²) in [6.45, 7) is 0.552. The number of carbonyl (C=O) groups excluding carboxylic acids is 2. The molecule has 0 aromatic carbocycles. The van der Waals surface area contributed by atoms with E-state index in [-0.39, 0.29) is 18.4 Å². The van der Waals surface area contributed by atoms with Gasteiger partial charge in [-0.25, -0.2) is 4.79 Å². The molecule has 1 aliphatic rings. The fourth-order valence-corrected chi connectivity index (χ4v) is 1.02. The van der Waals surface area contributed by atoms with Crippen molar-refractivity contribution in [1.29, 1.82) is 0 Å². The summed E-state index contributed by atoms with van der Waals surface area (Å²) >= 11 is 0. The summed E-state index contributed by atoms with van der Waals surface area (Å²) in [6, 6.07) is 0. The van der Waals surface area contributed by atoms with Gasteiger partial charge in [0, 0.05) is 13.0 Å². The molecule has 0 aliphatic carbocycles. The Kier molecular flexibility index (Phi) is 2.30. The molecule has 62 valence electrons. The predicted molar refractivity (Wildman–Crippen MR) is 36.7 cm³/mol. The lowest BCUT2D eigenvalue weighted by Crippen LogP contribution is -2.39. The number of nitrogens with one attached hydrogen (secondary N) is 1. The molecule has 1 heterocycles. The minimum atomic E-state index is -0.815. The highest BCUT2D eigenvalue weighted by atomic mass is 16.6. The average Bonchev–Trinajstić information content (AvgIpc) is 1.85. The monoisotopic (exact) mass is 158 g/mol. The first-order chi connectivity index (χ1) is 5.18. The quantitative estimate of drug-likeness (QED) is 0.532. The molecule has 0 aromatic heterocycles. The summed E-state index contributed by atoms with van der Waals surface area (Å²) < 4.78 is 4.64. The summed E-state index contributed by atoms with van der Waals surface area (Å²) in [6.07, 6.45) is -0.275. The maximum atomic E-state index is 10.7. The lowest BCUT2D eigenvalue weighted by molar-refractivity contribution is -0.124. The van der Waals surface area contributed by atoms with Gasteiger partial charge in [-0.3, -0.25) is 4.79 Å². The molecule has 1 unspecified atom stereocenters. The van der Waals surface area contributed by atoms with Crippen LogP contribution in [0.1, 0.15) is 12.8 Å².